The number of hydrogen-bond acceptors (Lipinski definition) is 4. The third-order valence-electron chi connectivity index (χ3n) is 4.80. The minimum Gasteiger partial charge on any atom is -0.298 e. The highest BCUT2D eigenvalue weighted by atomic mass is 32.2. The maximum absolute atomic E-state index is 12.1. The summed E-state index contributed by atoms with van der Waals surface area (Å²) >= 11 is 1.63. The molecule has 0 aromatic heterocycles. The number of nitrogens with zero attached hydrogens (tertiary/aromatic N) is 2. The first-order chi connectivity index (χ1) is 13.6. The van der Waals surface area contributed by atoms with Crippen molar-refractivity contribution < 1.29 is 4.79 Å². The Labute approximate surface area is 172 Å². The van der Waals surface area contributed by atoms with Gasteiger partial charge in [0.05, 0.1) is 5.75 Å². The zero-order valence-electron chi connectivity index (χ0n) is 16.8. The number of rotatable bonds is 7. The summed E-state index contributed by atoms with van der Waals surface area (Å²) in [6, 6.07) is 17.1. The highest BCUT2D eigenvalue weighted by Crippen LogP contribution is 2.16. The van der Waals surface area contributed by atoms with Gasteiger partial charge in [-0.2, -0.15) is 5.10 Å². The van der Waals surface area contributed by atoms with Gasteiger partial charge >= 0.3 is 0 Å². The first-order valence-electron chi connectivity index (χ1n) is 9.84. The van der Waals surface area contributed by atoms with Crippen LogP contribution in [0.2, 0.25) is 0 Å². The zero-order valence-corrected chi connectivity index (χ0v) is 17.6. The first kappa shape index (κ1) is 20.6. The standard InChI is InChI=1S/C23H29N3OS/c1-18-12-19(2)14-21(13-18)16-28-17-23(27)25-24-22-8-10-26(11-9-22)15-20-6-4-3-5-7-20/h3-7,12-14H,8-11,15-17H2,1-2H3,(H,25,27). The number of likely N-dealkylation sites (tertiary alicyclic amines) is 1. The monoisotopic (exact) mass is 395 g/mol. The van der Waals surface area contributed by atoms with Crippen LogP contribution in [0.15, 0.2) is 53.6 Å². The normalized spacial score (nSPS) is 14.7. The molecular formula is C23H29N3OS. The van der Waals surface area contributed by atoms with Crippen molar-refractivity contribution in [2.45, 2.75) is 39.0 Å². The van der Waals surface area contributed by atoms with E-state index in [1.165, 1.54) is 22.3 Å². The molecule has 0 unspecified atom stereocenters. The van der Waals surface area contributed by atoms with Gasteiger partial charge in [-0.1, -0.05) is 59.7 Å². The summed E-state index contributed by atoms with van der Waals surface area (Å²) in [7, 11) is 0. The van der Waals surface area contributed by atoms with E-state index in [2.05, 4.69) is 71.7 Å². The molecule has 1 N–H and O–H groups in total. The fourth-order valence-electron chi connectivity index (χ4n) is 3.51. The molecule has 1 amide bonds. The van der Waals surface area contributed by atoms with E-state index in [1.54, 1.807) is 11.8 Å². The molecule has 0 saturated carbocycles. The van der Waals surface area contributed by atoms with Crippen molar-refractivity contribution in [2.24, 2.45) is 5.10 Å². The number of thioether (sulfide) groups is 1. The van der Waals surface area contributed by atoms with Gasteiger partial charge in [-0.15, -0.1) is 11.8 Å². The van der Waals surface area contributed by atoms with E-state index in [-0.39, 0.29) is 5.91 Å². The van der Waals surface area contributed by atoms with Gasteiger partial charge in [-0.25, -0.2) is 5.43 Å². The number of benzene rings is 2. The Bertz CT molecular complexity index is 790. The third kappa shape index (κ3) is 6.80. The Kier molecular flexibility index (Phi) is 7.69. The van der Waals surface area contributed by atoms with E-state index in [9.17, 15) is 4.79 Å². The van der Waals surface area contributed by atoms with E-state index >= 15 is 0 Å². The molecule has 2 aromatic rings. The summed E-state index contributed by atoms with van der Waals surface area (Å²) in [4.78, 5) is 14.5. The third-order valence-corrected chi connectivity index (χ3v) is 5.81. The summed E-state index contributed by atoms with van der Waals surface area (Å²) in [6.07, 6.45) is 1.84. The van der Waals surface area contributed by atoms with Crippen LogP contribution in [0.5, 0.6) is 0 Å². The maximum atomic E-state index is 12.1. The molecule has 1 aliphatic heterocycles. The average molecular weight is 396 g/mol. The van der Waals surface area contributed by atoms with Crippen molar-refractivity contribution >= 4 is 23.4 Å². The predicted molar refractivity (Wildman–Crippen MR) is 119 cm³/mol. The summed E-state index contributed by atoms with van der Waals surface area (Å²) in [5.41, 5.74) is 8.98. The van der Waals surface area contributed by atoms with E-state index in [4.69, 9.17) is 0 Å². The Hall–Kier alpha value is -2.11. The molecule has 0 radical (unpaired) electrons. The van der Waals surface area contributed by atoms with Gasteiger partial charge in [0.1, 0.15) is 0 Å². The number of hydrogen-bond donors (Lipinski definition) is 1. The number of aryl methyl sites for hydroxylation is 2. The van der Waals surface area contributed by atoms with E-state index in [1.807, 2.05) is 6.07 Å². The van der Waals surface area contributed by atoms with E-state index in [0.29, 0.717) is 5.75 Å². The van der Waals surface area contributed by atoms with Crippen LogP contribution in [0.4, 0.5) is 0 Å². The molecule has 2 aromatic carbocycles. The second kappa shape index (κ2) is 10.4. The number of nitrogens with one attached hydrogen (secondary N) is 1. The Morgan fingerprint density at radius 2 is 1.71 bits per heavy atom. The average Bonchev–Trinajstić information content (AvgIpc) is 2.67. The smallest absolute Gasteiger partial charge is 0.250 e. The lowest BCUT2D eigenvalue weighted by Gasteiger charge is -2.27. The van der Waals surface area contributed by atoms with Gasteiger partial charge in [0, 0.05) is 43.9 Å². The van der Waals surface area contributed by atoms with Crippen molar-refractivity contribution in [1.29, 1.82) is 0 Å². The molecule has 28 heavy (non-hydrogen) atoms. The van der Waals surface area contributed by atoms with Crippen molar-refractivity contribution in [3.63, 3.8) is 0 Å². The zero-order chi connectivity index (χ0) is 19.8. The van der Waals surface area contributed by atoms with Gasteiger partial charge in [-0.3, -0.25) is 9.69 Å². The molecule has 3 rings (SSSR count). The fourth-order valence-corrected chi connectivity index (χ4v) is 4.26. The van der Waals surface area contributed by atoms with Crippen molar-refractivity contribution in [3.8, 4) is 0 Å². The van der Waals surface area contributed by atoms with Crippen LogP contribution in [0.3, 0.4) is 0 Å². The molecule has 5 heteroatoms. The topological polar surface area (TPSA) is 44.7 Å². The number of carbonyl (C=O) groups is 1. The van der Waals surface area contributed by atoms with Crippen LogP contribution in [-0.4, -0.2) is 35.4 Å². The molecule has 4 nitrogen and oxygen atoms in total. The molecule has 0 spiro atoms. The van der Waals surface area contributed by atoms with Gasteiger partial charge in [0.25, 0.3) is 0 Å². The molecule has 1 heterocycles. The van der Waals surface area contributed by atoms with Gasteiger partial charge in [-0.05, 0) is 25.0 Å². The van der Waals surface area contributed by atoms with Crippen molar-refractivity contribution in [2.75, 3.05) is 18.8 Å². The van der Waals surface area contributed by atoms with E-state index < -0.39 is 0 Å². The first-order valence-corrected chi connectivity index (χ1v) is 11.0. The lowest BCUT2D eigenvalue weighted by molar-refractivity contribution is -0.118. The van der Waals surface area contributed by atoms with Gasteiger partial charge in [0.2, 0.25) is 5.91 Å². The molecule has 0 bridgehead atoms. The Morgan fingerprint density at radius 1 is 1.04 bits per heavy atom. The minimum atomic E-state index is -0.0198. The summed E-state index contributed by atoms with van der Waals surface area (Å²) < 4.78 is 0. The van der Waals surface area contributed by atoms with Crippen molar-refractivity contribution in [1.82, 2.24) is 10.3 Å². The fraction of sp³-hybridized carbons (Fsp3) is 0.391. The minimum absolute atomic E-state index is 0.0198. The molecule has 0 atom stereocenters. The van der Waals surface area contributed by atoms with E-state index in [0.717, 1.165) is 43.9 Å². The number of amides is 1. The lowest BCUT2D eigenvalue weighted by Crippen LogP contribution is -2.34. The quantitative estimate of drug-likeness (QED) is 0.711. The molecule has 1 fully saturated rings. The van der Waals surface area contributed by atoms with Crippen LogP contribution in [0, 0.1) is 13.8 Å². The summed E-state index contributed by atoms with van der Waals surface area (Å²) in [5, 5.41) is 4.36. The van der Waals surface area contributed by atoms with Gasteiger partial charge < -0.3 is 0 Å². The van der Waals surface area contributed by atoms with Crippen LogP contribution >= 0.6 is 11.8 Å². The Morgan fingerprint density at radius 3 is 2.39 bits per heavy atom. The second-order valence-electron chi connectivity index (χ2n) is 7.46. The SMILES string of the molecule is Cc1cc(C)cc(CSCC(=O)NN=C2CCN(Cc3ccccc3)CC2)c1. The van der Waals surface area contributed by atoms with Crippen LogP contribution in [-0.2, 0) is 17.1 Å². The summed E-state index contributed by atoms with van der Waals surface area (Å²) in [6.45, 7) is 7.18. The predicted octanol–water partition coefficient (Wildman–Crippen LogP) is 4.30. The van der Waals surface area contributed by atoms with Crippen LogP contribution < -0.4 is 5.43 Å². The van der Waals surface area contributed by atoms with Gasteiger partial charge in [0.15, 0.2) is 0 Å². The molecule has 1 saturated heterocycles. The lowest BCUT2D eigenvalue weighted by atomic mass is 10.1. The maximum Gasteiger partial charge on any atom is 0.250 e. The molecule has 148 valence electrons. The molecule has 1 aliphatic rings. The number of hydrazone groups is 1. The second-order valence-corrected chi connectivity index (χ2v) is 8.45. The van der Waals surface area contributed by atoms with Crippen molar-refractivity contribution in [3.05, 3.63) is 70.8 Å². The highest BCUT2D eigenvalue weighted by molar-refractivity contribution is 7.99. The van der Waals surface area contributed by atoms with Crippen LogP contribution in [0.1, 0.15) is 35.1 Å². The molecule has 0 aliphatic carbocycles. The number of carbonyl (C=O) groups excluding carboxylic acids is 1. The largest absolute Gasteiger partial charge is 0.298 e. The number of piperidine rings is 1. The Balaban J connectivity index is 1.35. The summed E-state index contributed by atoms with van der Waals surface area (Å²) in [5.74, 6) is 1.26. The van der Waals surface area contributed by atoms with Crippen LogP contribution in [0.25, 0.3) is 0 Å². The molecular weight excluding hydrogens is 366 g/mol. The highest BCUT2D eigenvalue weighted by Gasteiger charge is 2.15.